The third-order valence-corrected chi connectivity index (χ3v) is 4.11. The first-order chi connectivity index (χ1) is 9.23. The van der Waals surface area contributed by atoms with E-state index in [1.54, 1.807) is 0 Å². The maximum atomic E-state index is 5.53. The molecule has 0 spiro atoms. The van der Waals surface area contributed by atoms with Crippen molar-refractivity contribution in [2.75, 3.05) is 13.1 Å². The quantitative estimate of drug-likeness (QED) is 0.918. The minimum absolute atomic E-state index is 0.0238. The molecule has 4 nitrogen and oxygen atoms in total. The molecule has 1 unspecified atom stereocenters. The van der Waals surface area contributed by atoms with Gasteiger partial charge in [0.05, 0.1) is 5.41 Å². The molecule has 4 heteroatoms. The summed E-state index contributed by atoms with van der Waals surface area (Å²) in [6.07, 6.45) is 2.09. The lowest BCUT2D eigenvalue weighted by atomic mass is 9.84. The van der Waals surface area contributed by atoms with E-state index in [1.165, 1.54) is 5.56 Å². The van der Waals surface area contributed by atoms with Crippen molar-refractivity contribution in [1.29, 1.82) is 0 Å². The zero-order chi connectivity index (χ0) is 13.3. The van der Waals surface area contributed by atoms with Crippen LogP contribution in [0.4, 0.5) is 0 Å². The van der Waals surface area contributed by atoms with Crippen molar-refractivity contribution in [3.05, 3.63) is 35.7 Å². The van der Waals surface area contributed by atoms with Gasteiger partial charge in [0.25, 0.3) is 0 Å². The largest absolute Gasteiger partial charge is 0.338 e. The van der Waals surface area contributed by atoms with Crippen LogP contribution in [0, 0.1) is 6.92 Å². The van der Waals surface area contributed by atoms with Crippen molar-refractivity contribution < 1.29 is 4.52 Å². The molecule has 0 amide bonds. The molecule has 1 fully saturated rings. The SMILES string of the molecule is CCC1(c2nc(-c3ccc(C)cc3)no2)CCNC1. The Morgan fingerprint density at radius 2 is 2.11 bits per heavy atom. The van der Waals surface area contributed by atoms with Crippen LogP contribution in [0.2, 0.25) is 0 Å². The molecular formula is C15H19N3O. The van der Waals surface area contributed by atoms with Crippen LogP contribution in [-0.4, -0.2) is 23.2 Å². The summed E-state index contributed by atoms with van der Waals surface area (Å²) in [4.78, 5) is 4.62. The van der Waals surface area contributed by atoms with Gasteiger partial charge in [0.15, 0.2) is 0 Å². The van der Waals surface area contributed by atoms with Crippen LogP contribution in [0.1, 0.15) is 31.2 Å². The fourth-order valence-electron chi connectivity index (χ4n) is 2.64. The van der Waals surface area contributed by atoms with E-state index >= 15 is 0 Å². The molecule has 1 aromatic heterocycles. The summed E-state index contributed by atoms with van der Waals surface area (Å²) >= 11 is 0. The van der Waals surface area contributed by atoms with Crippen LogP contribution in [0.5, 0.6) is 0 Å². The summed E-state index contributed by atoms with van der Waals surface area (Å²) < 4.78 is 5.53. The molecule has 0 saturated carbocycles. The zero-order valence-electron chi connectivity index (χ0n) is 11.4. The molecule has 0 aliphatic carbocycles. The Kier molecular flexibility index (Phi) is 3.11. The van der Waals surface area contributed by atoms with Crippen LogP contribution in [-0.2, 0) is 5.41 Å². The molecule has 2 aromatic rings. The maximum absolute atomic E-state index is 5.53. The molecule has 19 heavy (non-hydrogen) atoms. The van der Waals surface area contributed by atoms with Crippen LogP contribution in [0.3, 0.4) is 0 Å². The molecule has 100 valence electrons. The number of aromatic nitrogens is 2. The van der Waals surface area contributed by atoms with Gasteiger partial charge in [-0.25, -0.2) is 0 Å². The van der Waals surface area contributed by atoms with Crippen LogP contribution in [0.25, 0.3) is 11.4 Å². The standard InChI is InChI=1S/C15H19N3O/c1-3-15(8-9-16-10-15)14-17-13(18-19-14)12-6-4-11(2)5-7-12/h4-7,16H,3,8-10H2,1-2H3. The maximum Gasteiger partial charge on any atom is 0.234 e. The highest BCUT2D eigenvalue weighted by atomic mass is 16.5. The minimum atomic E-state index is 0.0238. The fourth-order valence-corrected chi connectivity index (χ4v) is 2.64. The summed E-state index contributed by atoms with van der Waals surface area (Å²) in [5.74, 6) is 1.46. The van der Waals surface area contributed by atoms with Gasteiger partial charge in [0.2, 0.25) is 11.7 Å². The highest BCUT2D eigenvalue weighted by Crippen LogP contribution is 2.33. The number of nitrogens with one attached hydrogen (secondary N) is 1. The van der Waals surface area contributed by atoms with Crippen LogP contribution >= 0.6 is 0 Å². The van der Waals surface area contributed by atoms with Gasteiger partial charge in [-0.15, -0.1) is 0 Å². The summed E-state index contributed by atoms with van der Waals surface area (Å²) in [5.41, 5.74) is 2.27. The molecule has 1 saturated heterocycles. The number of hydrogen-bond acceptors (Lipinski definition) is 4. The summed E-state index contributed by atoms with van der Waals surface area (Å²) in [6, 6.07) is 8.21. The van der Waals surface area contributed by atoms with E-state index in [2.05, 4.69) is 41.4 Å². The Morgan fingerprint density at radius 3 is 2.74 bits per heavy atom. The normalized spacial score (nSPS) is 22.8. The van der Waals surface area contributed by atoms with Gasteiger partial charge in [-0.1, -0.05) is 41.9 Å². The lowest BCUT2D eigenvalue weighted by Crippen LogP contribution is -2.28. The Labute approximate surface area is 113 Å². The lowest BCUT2D eigenvalue weighted by molar-refractivity contribution is 0.285. The van der Waals surface area contributed by atoms with Gasteiger partial charge in [-0.05, 0) is 26.3 Å². The van der Waals surface area contributed by atoms with E-state index in [4.69, 9.17) is 4.52 Å². The summed E-state index contributed by atoms with van der Waals surface area (Å²) in [6.45, 7) is 6.21. The van der Waals surface area contributed by atoms with Gasteiger partial charge in [0.1, 0.15) is 0 Å². The zero-order valence-corrected chi connectivity index (χ0v) is 11.4. The number of rotatable bonds is 3. The molecule has 0 bridgehead atoms. The van der Waals surface area contributed by atoms with Crippen molar-refractivity contribution in [3.63, 3.8) is 0 Å². The Balaban J connectivity index is 1.92. The van der Waals surface area contributed by atoms with Gasteiger partial charge in [-0.3, -0.25) is 0 Å². The van der Waals surface area contributed by atoms with Crippen LogP contribution < -0.4 is 5.32 Å². The number of benzene rings is 1. The highest BCUT2D eigenvalue weighted by Gasteiger charge is 2.39. The topological polar surface area (TPSA) is 51.0 Å². The van der Waals surface area contributed by atoms with Crippen LogP contribution in [0.15, 0.2) is 28.8 Å². The second kappa shape index (κ2) is 4.78. The van der Waals surface area contributed by atoms with E-state index in [0.717, 1.165) is 37.4 Å². The van der Waals surface area contributed by atoms with Crippen molar-refractivity contribution >= 4 is 0 Å². The fraction of sp³-hybridized carbons (Fsp3) is 0.467. The van der Waals surface area contributed by atoms with E-state index in [0.29, 0.717) is 5.82 Å². The highest BCUT2D eigenvalue weighted by molar-refractivity contribution is 5.54. The first-order valence-electron chi connectivity index (χ1n) is 6.85. The monoisotopic (exact) mass is 257 g/mol. The summed E-state index contributed by atoms with van der Waals surface area (Å²) in [5, 5.41) is 7.53. The molecule has 2 heterocycles. The second-order valence-electron chi connectivity index (χ2n) is 5.35. The average Bonchev–Trinajstić information content (AvgIpc) is 3.09. The smallest absolute Gasteiger partial charge is 0.234 e. The van der Waals surface area contributed by atoms with E-state index in [1.807, 2.05) is 12.1 Å². The predicted molar refractivity (Wildman–Crippen MR) is 73.9 cm³/mol. The third kappa shape index (κ3) is 2.16. The van der Waals surface area contributed by atoms with Crippen molar-refractivity contribution in [2.24, 2.45) is 0 Å². The molecule has 1 N–H and O–H groups in total. The number of aryl methyl sites for hydroxylation is 1. The lowest BCUT2D eigenvalue weighted by Gasteiger charge is -2.20. The molecule has 3 rings (SSSR count). The molecule has 0 radical (unpaired) electrons. The molecule has 1 atom stereocenters. The minimum Gasteiger partial charge on any atom is -0.338 e. The van der Waals surface area contributed by atoms with E-state index in [-0.39, 0.29) is 5.41 Å². The predicted octanol–water partition coefficient (Wildman–Crippen LogP) is 2.69. The summed E-state index contributed by atoms with van der Waals surface area (Å²) in [7, 11) is 0. The second-order valence-corrected chi connectivity index (χ2v) is 5.35. The number of nitrogens with zero attached hydrogens (tertiary/aromatic N) is 2. The van der Waals surface area contributed by atoms with E-state index < -0.39 is 0 Å². The van der Waals surface area contributed by atoms with Crippen molar-refractivity contribution in [1.82, 2.24) is 15.5 Å². The molecule has 1 aliphatic rings. The van der Waals surface area contributed by atoms with E-state index in [9.17, 15) is 0 Å². The van der Waals surface area contributed by atoms with Gasteiger partial charge in [-0.2, -0.15) is 4.98 Å². The first kappa shape index (κ1) is 12.4. The van der Waals surface area contributed by atoms with Crippen molar-refractivity contribution in [2.45, 2.75) is 32.1 Å². The average molecular weight is 257 g/mol. The first-order valence-corrected chi connectivity index (χ1v) is 6.85. The van der Waals surface area contributed by atoms with Gasteiger partial charge in [0, 0.05) is 12.1 Å². The molecule has 1 aromatic carbocycles. The number of hydrogen-bond donors (Lipinski definition) is 1. The molecule has 1 aliphatic heterocycles. The molecular weight excluding hydrogens is 238 g/mol. The Bertz CT molecular complexity index is 553. The van der Waals surface area contributed by atoms with Gasteiger partial charge >= 0.3 is 0 Å². The third-order valence-electron chi connectivity index (χ3n) is 4.11. The Hall–Kier alpha value is -1.68. The Morgan fingerprint density at radius 1 is 1.32 bits per heavy atom. The van der Waals surface area contributed by atoms with Gasteiger partial charge < -0.3 is 9.84 Å². The van der Waals surface area contributed by atoms with Crippen molar-refractivity contribution in [3.8, 4) is 11.4 Å².